The van der Waals surface area contributed by atoms with Gasteiger partial charge in [-0.25, -0.2) is 0 Å². The molecule has 0 saturated heterocycles. The van der Waals surface area contributed by atoms with Gasteiger partial charge in [0.25, 0.3) is 0 Å². The van der Waals surface area contributed by atoms with Gasteiger partial charge in [0.2, 0.25) is 0 Å². The van der Waals surface area contributed by atoms with E-state index in [1.807, 2.05) is 24.3 Å². The molecule has 0 aliphatic carbocycles. The van der Waals surface area contributed by atoms with Crippen molar-refractivity contribution in [2.45, 2.75) is 13.5 Å². The molecule has 1 N–H and O–H groups in total. The van der Waals surface area contributed by atoms with Crippen molar-refractivity contribution in [2.75, 3.05) is 4.33 Å². The molecule has 1 aromatic rings. The topological polar surface area (TPSA) is 38.3 Å². The van der Waals surface area contributed by atoms with E-state index in [1.165, 1.54) is 6.92 Å². The Bertz CT molecular complexity index is 284. The average Bonchev–Trinajstić information content (AvgIpc) is 2.15. The van der Waals surface area contributed by atoms with E-state index in [1.54, 1.807) is 0 Å². The maximum atomic E-state index is 10.5. The van der Waals surface area contributed by atoms with E-state index in [0.29, 0.717) is 6.61 Å². The molecular weight excluding hydrogens is 233 g/mol. The summed E-state index contributed by atoms with van der Waals surface area (Å²) in [4.78, 5) is 10.5. The van der Waals surface area contributed by atoms with Gasteiger partial charge in [0.05, 0.1) is 0 Å². The predicted octanol–water partition coefficient (Wildman–Crippen LogP) is 1.25. The number of anilines is 1. The van der Waals surface area contributed by atoms with Crippen molar-refractivity contribution in [3.8, 4) is 0 Å². The number of hydrogen-bond donors (Lipinski definition) is 1. The van der Waals surface area contributed by atoms with Gasteiger partial charge in [-0.3, -0.25) is 0 Å². The summed E-state index contributed by atoms with van der Waals surface area (Å²) < 4.78 is 7.72. The fourth-order valence-corrected chi connectivity index (χ4v) is 1.14. The second-order valence-electron chi connectivity index (χ2n) is 2.58. The summed E-state index contributed by atoms with van der Waals surface area (Å²) in [6.45, 7) is 1.74. The molecular formula is C9H10NO2Se. The molecule has 0 bridgehead atoms. The zero-order valence-electron chi connectivity index (χ0n) is 7.24. The van der Waals surface area contributed by atoms with Crippen LogP contribution in [0.15, 0.2) is 24.3 Å². The van der Waals surface area contributed by atoms with Gasteiger partial charge >= 0.3 is 85.1 Å². The third-order valence-corrected chi connectivity index (χ3v) is 2.01. The van der Waals surface area contributed by atoms with Crippen molar-refractivity contribution in [1.82, 2.24) is 0 Å². The van der Waals surface area contributed by atoms with E-state index in [2.05, 4.69) is 20.6 Å². The van der Waals surface area contributed by atoms with E-state index >= 15 is 0 Å². The van der Waals surface area contributed by atoms with E-state index < -0.39 is 0 Å². The molecule has 0 saturated carbocycles. The van der Waals surface area contributed by atoms with Crippen molar-refractivity contribution < 1.29 is 9.53 Å². The molecule has 4 heteroatoms. The molecule has 0 fully saturated rings. The average molecular weight is 243 g/mol. The summed E-state index contributed by atoms with van der Waals surface area (Å²) in [5.74, 6) is -0.258. The molecule has 0 heterocycles. The number of carbonyl (C=O) groups excluding carboxylic acids is 1. The van der Waals surface area contributed by atoms with Gasteiger partial charge in [-0.2, -0.15) is 0 Å². The second-order valence-corrected chi connectivity index (χ2v) is 3.01. The third-order valence-electron chi connectivity index (χ3n) is 1.51. The predicted molar refractivity (Wildman–Crippen MR) is 51.3 cm³/mol. The summed E-state index contributed by atoms with van der Waals surface area (Å²) in [6, 6.07) is 7.63. The first kappa shape index (κ1) is 10.1. The summed E-state index contributed by atoms with van der Waals surface area (Å²) >= 11 is 2.69. The second kappa shape index (κ2) is 4.90. The molecule has 0 spiro atoms. The summed E-state index contributed by atoms with van der Waals surface area (Å²) in [6.07, 6.45) is 0. The molecule has 13 heavy (non-hydrogen) atoms. The normalized spacial score (nSPS) is 9.38. The van der Waals surface area contributed by atoms with E-state index in [4.69, 9.17) is 4.74 Å². The van der Waals surface area contributed by atoms with Crippen molar-refractivity contribution in [3.05, 3.63) is 29.8 Å². The zero-order chi connectivity index (χ0) is 9.68. The molecule has 3 nitrogen and oxygen atoms in total. The fraction of sp³-hybridized carbons (Fsp3) is 0.222. The molecule has 0 aliphatic rings. The van der Waals surface area contributed by atoms with Crippen LogP contribution >= 0.6 is 0 Å². The summed E-state index contributed by atoms with van der Waals surface area (Å²) in [5, 5.41) is 0. The van der Waals surface area contributed by atoms with Crippen LogP contribution in [0.1, 0.15) is 12.5 Å². The molecule has 1 aromatic carbocycles. The van der Waals surface area contributed by atoms with Crippen molar-refractivity contribution in [3.63, 3.8) is 0 Å². The minimum absolute atomic E-state index is 0.258. The number of rotatable bonds is 3. The number of carbonyl (C=O) groups is 1. The monoisotopic (exact) mass is 244 g/mol. The Balaban J connectivity index is 2.54. The van der Waals surface area contributed by atoms with Crippen molar-refractivity contribution >= 4 is 27.9 Å². The fourth-order valence-electron chi connectivity index (χ4n) is 0.854. The quantitative estimate of drug-likeness (QED) is 0.641. The first-order valence-corrected chi connectivity index (χ1v) is 4.68. The van der Waals surface area contributed by atoms with Gasteiger partial charge < -0.3 is 0 Å². The van der Waals surface area contributed by atoms with Gasteiger partial charge in [0.15, 0.2) is 0 Å². The van der Waals surface area contributed by atoms with Crippen LogP contribution in [-0.2, 0) is 16.1 Å². The van der Waals surface area contributed by atoms with Crippen LogP contribution in [0.4, 0.5) is 5.69 Å². The first-order valence-electron chi connectivity index (χ1n) is 3.83. The number of hydrogen-bond acceptors (Lipinski definition) is 3. The van der Waals surface area contributed by atoms with Crippen LogP contribution in [-0.4, -0.2) is 22.2 Å². The summed E-state index contributed by atoms with van der Waals surface area (Å²) in [7, 11) is 0. The van der Waals surface area contributed by atoms with Crippen LogP contribution in [0.2, 0.25) is 0 Å². The Morgan fingerprint density at radius 1 is 1.46 bits per heavy atom. The van der Waals surface area contributed by atoms with Crippen LogP contribution in [0.25, 0.3) is 0 Å². The maximum absolute atomic E-state index is 10.5. The molecule has 0 aromatic heterocycles. The molecule has 1 radical (unpaired) electrons. The first-order chi connectivity index (χ1) is 6.22. The molecule has 0 atom stereocenters. The molecule has 0 unspecified atom stereocenters. The SMILES string of the molecule is CC(=O)OCc1ccc(N[Se])cc1. The van der Waals surface area contributed by atoms with E-state index in [9.17, 15) is 4.79 Å². The van der Waals surface area contributed by atoms with Gasteiger partial charge in [0, 0.05) is 0 Å². The standard InChI is InChI=1S/C9H10NO2Se/c1-7(11)12-6-8-2-4-9(10-13)5-3-8/h2-5,10H,6H2,1H3. The van der Waals surface area contributed by atoms with Crippen molar-refractivity contribution in [2.24, 2.45) is 0 Å². The number of ether oxygens (including phenoxy) is 1. The Labute approximate surface area is 85.5 Å². The Morgan fingerprint density at radius 3 is 2.54 bits per heavy atom. The minimum atomic E-state index is -0.258. The molecule has 1 rings (SSSR count). The van der Waals surface area contributed by atoms with Crippen LogP contribution in [0.5, 0.6) is 0 Å². The van der Waals surface area contributed by atoms with Gasteiger partial charge in [-0.1, -0.05) is 0 Å². The van der Waals surface area contributed by atoms with Gasteiger partial charge in [-0.05, 0) is 0 Å². The molecule has 0 amide bonds. The Hall–Kier alpha value is -0.991. The van der Waals surface area contributed by atoms with Crippen molar-refractivity contribution in [1.29, 1.82) is 0 Å². The van der Waals surface area contributed by atoms with Crippen LogP contribution in [0, 0.1) is 0 Å². The van der Waals surface area contributed by atoms with Crippen LogP contribution < -0.4 is 4.33 Å². The van der Waals surface area contributed by atoms with Crippen LogP contribution in [0.3, 0.4) is 0 Å². The summed E-state index contributed by atoms with van der Waals surface area (Å²) in [5.41, 5.74) is 1.97. The van der Waals surface area contributed by atoms with E-state index in [0.717, 1.165) is 11.3 Å². The zero-order valence-corrected chi connectivity index (χ0v) is 8.95. The Morgan fingerprint density at radius 2 is 2.08 bits per heavy atom. The Kier molecular flexibility index (Phi) is 3.80. The van der Waals surface area contributed by atoms with Gasteiger partial charge in [-0.15, -0.1) is 0 Å². The van der Waals surface area contributed by atoms with Gasteiger partial charge in [0.1, 0.15) is 0 Å². The van der Waals surface area contributed by atoms with E-state index in [-0.39, 0.29) is 5.97 Å². The number of nitrogens with one attached hydrogen (secondary N) is 1. The number of esters is 1. The number of benzene rings is 1. The third kappa shape index (κ3) is 3.49. The molecule has 0 aliphatic heterocycles. The molecule has 69 valence electrons.